The van der Waals surface area contributed by atoms with Crippen molar-refractivity contribution >= 4 is 23.8 Å². The van der Waals surface area contributed by atoms with Crippen molar-refractivity contribution in [1.29, 1.82) is 0 Å². The lowest BCUT2D eigenvalue weighted by Gasteiger charge is -2.24. The van der Waals surface area contributed by atoms with Crippen LogP contribution in [0.2, 0.25) is 0 Å². The van der Waals surface area contributed by atoms with Crippen molar-refractivity contribution in [3.63, 3.8) is 0 Å². The third-order valence-electron chi connectivity index (χ3n) is 4.37. The first kappa shape index (κ1) is 18.1. The summed E-state index contributed by atoms with van der Waals surface area (Å²) in [5, 5.41) is 29.5. The Balaban J connectivity index is 1.91. The van der Waals surface area contributed by atoms with Gasteiger partial charge in [-0.05, 0) is 17.7 Å². The molecular formula is C18H15N4O5-. The quantitative estimate of drug-likeness (QED) is 0.373. The van der Waals surface area contributed by atoms with Gasteiger partial charge in [0.25, 0.3) is 11.6 Å². The molecule has 1 fully saturated rings. The summed E-state index contributed by atoms with van der Waals surface area (Å²) in [6.45, 7) is 1.77. The highest BCUT2D eigenvalue weighted by Crippen LogP contribution is 2.32. The van der Waals surface area contributed by atoms with Crippen LogP contribution in [0.3, 0.4) is 0 Å². The van der Waals surface area contributed by atoms with Crippen molar-refractivity contribution in [3.8, 4) is 5.75 Å². The summed E-state index contributed by atoms with van der Waals surface area (Å²) in [6, 6.07) is 11.5. The second-order valence-electron chi connectivity index (χ2n) is 5.90. The SMILES string of the molecule is CC[C@@]1(c2ccccc2)NC(=O)N(/N=C\c2ccc([O-])c([N+](=O)[O-])c2)C1=O. The van der Waals surface area contributed by atoms with E-state index < -0.39 is 33.8 Å². The highest BCUT2D eigenvalue weighted by atomic mass is 16.6. The van der Waals surface area contributed by atoms with Crippen LogP contribution >= 0.6 is 0 Å². The van der Waals surface area contributed by atoms with Gasteiger partial charge in [-0.3, -0.25) is 14.9 Å². The molecule has 3 amide bonds. The van der Waals surface area contributed by atoms with Crippen molar-refractivity contribution in [1.82, 2.24) is 10.3 Å². The molecule has 0 aromatic heterocycles. The molecule has 1 aliphatic rings. The number of hydrogen-bond donors (Lipinski definition) is 1. The number of hydrazone groups is 1. The molecule has 1 saturated heterocycles. The van der Waals surface area contributed by atoms with Gasteiger partial charge in [-0.2, -0.15) is 5.10 Å². The number of nitro groups is 1. The van der Waals surface area contributed by atoms with Crippen LogP contribution in [0.25, 0.3) is 0 Å². The second kappa shape index (κ2) is 6.87. The number of carbonyl (C=O) groups is 2. The van der Waals surface area contributed by atoms with Gasteiger partial charge in [-0.25, -0.2) is 4.79 Å². The highest BCUT2D eigenvalue weighted by molar-refractivity contribution is 6.07. The van der Waals surface area contributed by atoms with Crippen molar-refractivity contribution in [2.24, 2.45) is 5.10 Å². The van der Waals surface area contributed by atoms with Gasteiger partial charge in [0.05, 0.1) is 11.1 Å². The normalized spacial score (nSPS) is 19.5. The number of nitrogens with one attached hydrogen (secondary N) is 1. The Bertz CT molecular complexity index is 944. The zero-order valence-corrected chi connectivity index (χ0v) is 14.3. The van der Waals surface area contributed by atoms with Crippen molar-refractivity contribution in [3.05, 3.63) is 69.8 Å². The first-order valence-corrected chi connectivity index (χ1v) is 8.10. The van der Waals surface area contributed by atoms with Crippen LogP contribution in [0, 0.1) is 10.1 Å². The molecule has 27 heavy (non-hydrogen) atoms. The standard InChI is InChI=1S/C18H16N4O5/c1-2-18(13-6-4-3-5-7-13)16(24)21(17(25)20-18)19-11-12-8-9-15(23)14(10-12)22(26)27/h3-11,23H,2H2,1H3,(H,20,25)/p-1/b19-11-/t18-/m0/s1. The van der Waals surface area contributed by atoms with E-state index >= 15 is 0 Å². The molecule has 3 rings (SSSR count). The van der Waals surface area contributed by atoms with Crippen LogP contribution in [0.15, 0.2) is 53.6 Å². The Labute approximate surface area is 154 Å². The number of benzene rings is 2. The van der Waals surface area contributed by atoms with E-state index in [1.165, 1.54) is 6.07 Å². The Morgan fingerprint density at radius 3 is 2.56 bits per heavy atom. The number of hydrogen-bond acceptors (Lipinski definition) is 6. The number of urea groups is 1. The van der Waals surface area contributed by atoms with Gasteiger partial charge in [0.2, 0.25) is 0 Å². The molecular weight excluding hydrogens is 352 g/mol. The van der Waals surface area contributed by atoms with E-state index in [1.54, 1.807) is 37.3 Å². The molecule has 1 N–H and O–H groups in total. The molecule has 9 nitrogen and oxygen atoms in total. The van der Waals surface area contributed by atoms with Crippen LogP contribution in [0.1, 0.15) is 24.5 Å². The number of carbonyl (C=O) groups excluding carboxylic acids is 2. The zero-order chi connectivity index (χ0) is 19.6. The summed E-state index contributed by atoms with van der Waals surface area (Å²) in [4.78, 5) is 35.2. The van der Waals surface area contributed by atoms with Crippen LogP contribution in [-0.4, -0.2) is 28.1 Å². The molecule has 1 aliphatic heterocycles. The third kappa shape index (κ3) is 3.10. The van der Waals surface area contributed by atoms with E-state index in [-0.39, 0.29) is 5.56 Å². The van der Waals surface area contributed by atoms with Gasteiger partial charge in [-0.1, -0.05) is 49.4 Å². The predicted molar refractivity (Wildman–Crippen MR) is 93.9 cm³/mol. The molecule has 1 heterocycles. The Morgan fingerprint density at radius 2 is 1.93 bits per heavy atom. The van der Waals surface area contributed by atoms with E-state index in [9.17, 15) is 24.8 Å². The summed E-state index contributed by atoms with van der Waals surface area (Å²) in [5.74, 6) is -1.28. The topological polar surface area (TPSA) is 128 Å². The van der Waals surface area contributed by atoms with E-state index in [1.807, 2.05) is 0 Å². The third-order valence-corrected chi connectivity index (χ3v) is 4.37. The maximum atomic E-state index is 12.9. The maximum absolute atomic E-state index is 12.9. The number of amides is 3. The molecule has 0 aliphatic carbocycles. The number of nitrogens with zero attached hydrogens (tertiary/aromatic N) is 3. The largest absolute Gasteiger partial charge is 0.868 e. The van der Waals surface area contributed by atoms with Crippen LogP contribution in [0.4, 0.5) is 10.5 Å². The molecule has 9 heteroatoms. The van der Waals surface area contributed by atoms with Crippen LogP contribution < -0.4 is 10.4 Å². The first-order valence-electron chi connectivity index (χ1n) is 8.10. The summed E-state index contributed by atoms with van der Waals surface area (Å²) in [7, 11) is 0. The number of imide groups is 1. The zero-order valence-electron chi connectivity index (χ0n) is 14.3. The van der Waals surface area contributed by atoms with E-state index in [0.29, 0.717) is 17.0 Å². The fraction of sp³-hybridized carbons (Fsp3) is 0.167. The lowest BCUT2D eigenvalue weighted by Crippen LogP contribution is -2.43. The van der Waals surface area contributed by atoms with E-state index in [4.69, 9.17) is 0 Å². The molecule has 0 unspecified atom stereocenters. The van der Waals surface area contributed by atoms with Crippen LogP contribution in [0.5, 0.6) is 5.75 Å². The van der Waals surface area contributed by atoms with E-state index in [0.717, 1.165) is 18.3 Å². The summed E-state index contributed by atoms with van der Waals surface area (Å²) in [6.07, 6.45) is 1.45. The van der Waals surface area contributed by atoms with Crippen LogP contribution in [-0.2, 0) is 10.3 Å². The lowest BCUT2D eigenvalue weighted by atomic mass is 9.87. The summed E-state index contributed by atoms with van der Waals surface area (Å²) < 4.78 is 0. The van der Waals surface area contributed by atoms with Crippen molar-refractivity contribution in [2.45, 2.75) is 18.9 Å². The van der Waals surface area contributed by atoms with Gasteiger partial charge in [-0.15, -0.1) is 5.01 Å². The van der Waals surface area contributed by atoms with Gasteiger partial charge < -0.3 is 10.4 Å². The first-order chi connectivity index (χ1) is 12.9. The Morgan fingerprint density at radius 1 is 1.22 bits per heavy atom. The number of nitro benzene ring substituents is 1. The lowest BCUT2D eigenvalue weighted by molar-refractivity contribution is -0.398. The van der Waals surface area contributed by atoms with Gasteiger partial charge in [0.15, 0.2) is 0 Å². The summed E-state index contributed by atoms with van der Waals surface area (Å²) in [5.41, 5.74) is -0.977. The number of rotatable bonds is 5. The maximum Gasteiger partial charge on any atom is 0.346 e. The second-order valence-corrected chi connectivity index (χ2v) is 5.90. The molecule has 138 valence electrons. The molecule has 0 spiro atoms. The van der Waals surface area contributed by atoms with Gasteiger partial charge in [0.1, 0.15) is 5.54 Å². The van der Waals surface area contributed by atoms with Gasteiger partial charge in [0, 0.05) is 11.6 Å². The van der Waals surface area contributed by atoms with E-state index in [2.05, 4.69) is 10.4 Å². The van der Waals surface area contributed by atoms with Gasteiger partial charge >= 0.3 is 6.03 Å². The smallest absolute Gasteiger partial charge is 0.346 e. The molecule has 2 aromatic rings. The average molecular weight is 367 g/mol. The molecule has 0 radical (unpaired) electrons. The molecule has 2 aromatic carbocycles. The average Bonchev–Trinajstić information content (AvgIpc) is 2.92. The summed E-state index contributed by atoms with van der Waals surface area (Å²) >= 11 is 0. The minimum Gasteiger partial charge on any atom is -0.868 e. The highest BCUT2D eigenvalue weighted by Gasteiger charge is 2.51. The Kier molecular flexibility index (Phi) is 4.59. The predicted octanol–water partition coefficient (Wildman–Crippen LogP) is 1.86. The fourth-order valence-corrected chi connectivity index (χ4v) is 2.91. The molecule has 0 bridgehead atoms. The Hall–Kier alpha value is -3.75. The molecule has 0 saturated carbocycles. The monoisotopic (exact) mass is 367 g/mol. The fourth-order valence-electron chi connectivity index (χ4n) is 2.91. The van der Waals surface area contributed by atoms with Crippen molar-refractivity contribution < 1.29 is 19.6 Å². The minimum atomic E-state index is -1.22. The molecule has 1 atom stereocenters. The minimum absolute atomic E-state index is 0.218. The van der Waals surface area contributed by atoms with Crippen molar-refractivity contribution in [2.75, 3.05) is 0 Å².